The van der Waals surface area contributed by atoms with E-state index in [1.54, 1.807) is 14.0 Å². The average Bonchev–Trinajstić information content (AvgIpc) is 2.42. The third-order valence-electron chi connectivity index (χ3n) is 3.23. The molecule has 0 aliphatic rings. The second-order valence-electron chi connectivity index (χ2n) is 4.69. The van der Waals surface area contributed by atoms with Crippen molar-refractivity contribution in [2.75, 3.05) is 7.05 Å². The minimum Gasteiger partial charge on any atom is -0.409 e. The average molecular weight is 263 g/mol. The molecule has 1 aromatic carbocycles. The first-order chi connectivity index (χ1) is 8.95. The number of hydrogen-bond donors (Lipinski definition) is 2. The number of oxime groups is 1. The minimum absolute atomic E-state index is 0.0272. The van der Waals surface area contributed by atoms with Crippen molar-refractivity contribution in [3.8, 4) is 0 Å². The minimum atomic E-state index is -0.407. The van der Waals surface area contributed by atoms with Crippen LogP contribution in [-0.4, -0.2) is 34.9 Å². The molecule has 1 unspecified atom stereocenters. The van der Waals surface area contributed by atoms with Gasteiger partial charge >= 0.3 is 0 Å². The van der Waals surface area contributed by atoms with E-state index in [9.17, 15) is 4.79 Å². The van der Waals surface area contributed by atoms with E-state index in [-0.39, 0.29) is 11.7 Å². The zero-order valence-corrected chi connectivity index (χ0v) is 11.6. The third kappa shape index (κ3) is 4.28. The molecule has 0 fully saturated rings. The predicted molar refractivity (Wildman–Crippen MR) is 75.1 cm³/mol. The van der Waals surface area contributed by atoms with E-state index in [1.165, 1.54) is 10.5 Å². The highest BCUT2D eigenvalue weighted by molar-refractivity contribution is 5.89. The van der Waals surface area contributed by atoms with E-state index in [2.05, 4.69) is 11.2 Å². The maximum absolute atomic E-state index is 12.0. The Morgan fingerprint density at radius 3 is 2.79 bits per heavy atom. The van der Waals surface area contributed by atoms with Crippen molar-refractivity contribution in [3.63, 3.8) is 0 Å². The van der Waals surface area contributed by atoms with Gasteiger partial charge in [-0.2, -0.15) is 0 Å². The van der Waals surface area contributed by atoms with E-state index in [0.717, 1.165) is 5.56 Å². The summed E-state index contributed by atoms with van der Waals surface area (Å²) in [4.78, 5) is 13.5. The highest BCUT2D eigenvalue weighted by atomic mass is 16.4. The van der Waals surface area contributed by atoms with Gasteiger partial charge in [-0.05, 0) is 25.8 Å². The van der Waals surface area contributed by atoms with E-state index in [1.807, 2.05) is 25.1 Å². The molecular formula is C14H21N3O2. The lowest BCUT2D eigenvalue weighted by Crippen LogP contribution is -2.43. The summed E-state index contributed by atoms with van der Waals surface area (Å²) in [6, 6.07) is 7.68. The van der Waals surface area contributed by atoms with Gasteiger partial charge in [0.25, 0.3) is 0 Å². The van der Waals surface area contributed by atoms with Gasteiger partial charge in [0.1, 0.15) is 0 Å². The standard InChI is InChI=1S/C14H21N3O2/c1-10-5-4-6-12(9-10)7-8-13(18)17(3)11(2)14(15)16-19/h4-6,9,11,19H,7-8H2,1-3H3,(H2,15,16). The molecule has 1 rings (SSSR count). The van der Waals surface area contributed by atoms with Crippen molar-refractivity contribution in [2.45, 2.75) is 32.7 Å². The SMILES string of the molecule is Cc1cccc(CCC(=O)N(C)C(C)C(N)=NO)c1. The molecule has 0 spiro atoms. The molecule has 0 bridgehead atoms. The van der Waals surface area contributed by atoms with Gasteiger partial charge in [0.05, 0.1) is 6.04 Å². The fraction of sp³-hybridized carbons (Fsp3) is 0.429. The van der Waals surface area contributed by atoms with Gasteiger partial charge in [-0.25, -0.2) is 0 Å². The summed E-state index contributed by atoms with van der Waals surface area (Å²) in [5, 5.41) is 11.5. The fourth-order valence-corrected chi connectivity index (χ4v) is 1.79. The quantitative estimate of drug-likeness (QED) is 0.366. The predicted octanol–water partition coefficient (Wildman–Crippen LogP) is 1.52. The van der Waals surface area contributed by atoms with E-state index in [0.29, 0.717) is 12.8 Å². The molecule has 1 aromatic rings. The molecule has 3 N–H and O–H groups in total. The lowest BCUT2D eigenvalue weighted by Gasteiger charge is -2.23. The van der Waals surface area contributed by atoms with Crippen LogP contribution in [0.2, 0.25) is 0 Å². The molecule has 0 radical (unpaired) electrons. The van der Waals surface area contributed by atoms with Crippen LogP contribution in [0.3, 0.4) is 0 Å². The number of likely N-dealkylation sites (N-methyl/N-ethyl adjacent to an activating group) is 1. The Balaban J connectivity index is 2.56. The Morgan fingerprint density at radius 2 is 2.21 bits per heavy atom. The van der Waals surface area contributed by atoms with Crippen molar-refractivity contribution in [1.29, 1.82) is 0 Å². The molecule has 0 heterocycles. The summed E-state index contributed by atoms with van der Waals surface area (Å²) in [5.41, 5.74) is 7.81. The Morgan fingerprint density at radius 1 is 1.53 bits per heavy atom. The lowest BCUT2D eigenvalue weighted by atomic mass is 10.1. The number of nitrogens with zero attached hydrogens (tertiary/aromatic N) is 2. The number of carbonyl (C=O) groups excluding carboxylic acids is 1. The van der Waals surface area contributed by atoms with Gasteiger partial charge in [0.15, 0.2) is 5.84 Å². The van der Waals surface area contributed by atoms with Gasteiger partial charge in [-0.3, -0.25) is 4.79 Å². The molecular weight excluding hydrogens is 242 g/mol. The molecule has 0 aliphatic carbocycles. The number of amidine groups is 1. The number of benzene rings is 1. The van der Waals surface area contributed by atoms with Crippen LogP contribution in [0.1, 0.15) is 24.5 Å². The van der Waals surface area contributed by atoms with Crippen LogP contribution in [0, 0.1) is 6.92 Å². The van der Waals surface area contributed by atoms with Crippen molar-refractivity contribution < 1.29 is 10.0 Å². The third-order valence-corrected chi connectivity index (χ3v) is 3.23. The number of nitrogens with two attached hydrogens (primary N) is 1. The van der Waals surface area contributed by atoms with Crippen LogP contribution in [0.5, 0.6) is 0 Å². The normalized spacial score (nSPS) is 13.1. The van der Waals surface area contributed by atoms with Crippen LogP contribution in [0.15, 0.2) is 29.4 Å². The number of carbonyl (C=O) groups is 1. The number of aryl methyl sites for hydroxylation is 2. The summed E-state index contributed by atoms with van der Waals surface area (Å²) in [6.45, 7) is 3.75. The zero-order chi connectivity index (χ0) is 14.4. The van der Waals surface area contributed by atoms with E-state index < -0.39 is 6.04 Å². The molecule has 0 saturated heterocycles. The molecule has 0 saturated carbocycles. The van der Waals surface area contributed by atoms with Crippen LogP contribution in [0.25, 0.3) is 0 Å². The van der Waals surface area contributed by atoms with Gasteiger partial charge in [-0.1, -0.05) is 35.0 Å². The van der Waals surface area contributed by atoms with E-state index >= 15 is 0 Å². The van der Waals surface area contributed by atoms with Crippen molar-refractivity contribution in [1.82, 2.24) is 4.90 Å². The Labute approximate surface area is 113 Å². The van der Waals surface area contributed by atoms with Crippen LogP contribution in [-0.2, 0) is 11.2 Å². The van der Waals surface area contributed by atoms with Crippen LogP contribution < -0.4 is 5.73 Å². The first kappa shape index (κ1) is 15.0. The molecule has 0 aliphatic heterocycles. The largest absolute Gasteiger partial charge is 0.409 e. The van der Waals surface area contributed by atoms with Gasteiger partial charge in [0, 0.05) is 13.5 Å². The zero-order valence-electron chi connectivity index (χ0n) is 11.6. The fourth-order valence-electron chi connectivity index (χ4n) is 1.79. The second-order valence-corrected chi connectivity index (χ2v) is 4.69. The summed E-state index contributed by atoms with van der Waals surface area (Å²) in [5.74, 6) is 0.00649. The summed E-state index contributed by atoms with van der Waals surface area (Å²) < 4.78 is 0. The molecule has 1 amide bonds. The van der Waals surface area contributed by atoms with Crippen LogP contribution >= 0.6 is 0 Å². The number of hydrogen-bond acceptors (Lipinski definition) is 3. The second kappa shape index (κ2) is 6.78. The van der Waals surface area contributed by atoms with Gasteiger partial charge in [0.2, 0.25) is 5.91 Å². The Kier molecular flexibility index (Phi) is 5.36. The first-order valence-corrected chi connectivity index (χ1v) is 6.24. The number of amides is 1. The highest BCUT2D eigenvalue weighted by Crippen LogP contribution is 2.08. The Hall–Kier alpha value is -2.04. The van der Waals surface area contributed by atoms with Crippen LogP contribution in [0.4, 0.5) is 0 Å². The topological polar surface area (TPSA) is 78.9 Å². The molecule has 0 aromatic heterocycles. The maximum Gasteiger partial charge on any atom is 0.223 e. The van der Waals surface area contributed by atoms with Crippen molar-refractivity contribution in [3.05, 3.63) is 35.4 Å². The lowest BCUT2D eigenvalue weighted by molar-refractivity contribution is -0.130. The Bertz CT molecular complexity index is 472. The van der Waals surface area contributed by atoms with Crippen molar-refractivity contribution in [2.24, 2.45) is 10.9 Å². The summed E-state index contributed by atoms with van der Waals surface area (Å²) >= 11 is 0. The first-order valence-electron chi connectivity index (χ1n) is 6.24. The maximum atomic E-state index is 12.0. The molecule has 1 atom stereocenters. The molecule has 104 valence electrons. The van der Waals surface area contributed by atoms with E-state index in [4.69, 9.17) is 10.9 Å². The summed E-state index contributed by atoms with van der Waals surface area (Å²) in [6.07, 6.45) is 1.09. The smallest absolute Gasteiger partial charge is 0.223 e. The molecule has 5 nitrogen and oxygen atoms in total. The monoisotopic (exact) mass is 263 g/mol. The van der Waals surface area contributed by atoms with Crippen molar-refractivity contribution >= 4 is 11.7 Å². The number of rotatable bonds is 5. The molecule has 5 heteroatoms. The molecule has 19 heavy (non-hydrogen) atoms. The highest BCUT2D eigenvalue weighted by Gasteiger charge is 2.18. The van der Waals surface area contributed by atoms with Gasteiger partial charge in [-0.15, -0.1) is 0 Å². The van der Waals surface area contributed by atoms with Gasteiger partial charge < -0.3 is 15.8 Å². The summed E-state index contributed by atoms with van der Waals surface area (Å²) in [7, 11) is 1.65.